The van der Waals surface area contributed by atoms with Crippen LogP contribution in [0.4, 0.5) is 5.69 Å². The van der Waals surface area contributed by atoms with E-state index < -0.39 is 10.0 Å². The predicted octanol–water partition coefficient (Wildman–Crippen LogP) is 2.87. The summed E-state index contributed by atoms with van der Waals surface area (Å²) in [5.74, 6) is 0.607. The zero-order valence-corrected chi connectivity index (χ0v) is 14.2. The largest absolute Gasteiger partial charge is 0.495 e. The fourth-order valence-corrected chi connectivity index (χ4v) is 3.20. The Morgan fingerprint density at radius 1 is 1.29 bits per heavy atom. The molecule has 1 rings (SSSR count). The van der Waals surface area contributed by atoms with Gasteiger partial charge >= 0.3 is 0 Å². The number of anilines is 1. The molecular formula is C14H23ClN2O3S. The van der Waals surface area contributed by atoms with E-state index in [0.29, 0.717) is 28.9 Å². The Balaban J connectivity index is 2.47. The monoisotopic (exact) mass is 334 g/mol. The highest BCUT2D eigenvalue weighted by Gasteiger charge is 2.11. The van der Waals surface area contributed by atoms with Crippen LogP contribution < -0.4 is 14.8 Å². The molecule has 0 aromatic heterocycles. The molecule has 0 amide bonds. The van der Waals surface area contributed by atoms with E-state index in [9.17, 15) is 8.42 Å². The molecule has 0 spiro atoms. The summed E-state index contributed by atoms with van der Waals surface area (Å²) >= 11 is 5.97. The zero-order valence-electron chi connectivity index (χ0n) is 12.6. The average Bonchev–Trinajstić information content (AvgIpc) is 2.37. The first-order chi connectivity index (χ1) is 9.84. The van der Waals surface area contributed by atoms with E-state index in [0.717, 1.165) is 13.0 Å². The van der Waals surface area contributed by atoms with Gasteiger partial charge in [-0.15, -0.1) is 0 Å². The van der Waals surface area contributed by atoms with Gasteiger partial charge in [0.1, 0.15) is 5.75 Å². The molecular weight excluding hydrogens is 312 g/mol. The number of benzene rings is 1. The Bertz CT molecular complexity index is 547. The van der Waals surface area contributed by atoms with Crippen molar-refractivity contribution < 1.29 is 13.2 Å². The van der Waals surface area contributed by atoms with Gasteiger partial charge in [0.2, 0.25) is 10.0 Å². The molecule has 7 heteroatoms. The van der Waals surface area contributed by atoms with Crippen LogP contribution in [0.25, 0.3) is 0 Å². The van der Waals surface area contributed by atoms with Gasteiger partial charge in [0, 0.05) is 6.04 Å². The molecule has 1 aromatic rings. The topological polar surface area (TPSA) is 67.4 Å². The first kappa shape index (κ1) is 18.1. The fraction of sp³-hybridized carbons (Fsp3) is 0.571. The van der Waals surface area contributed by atoms with Crippen molar-refractivity contribution in [1.82, 2.24) is 5.32 Å². The van der Waals surface area contributed by atoms with E-state index in [2.05, 4.69) is 23.9 Å². The van der Waals surface area contributed by atoms with Crippen molar-refractivity contribution >= 4 is 27.3 Å². The Morgan fingerprint density at radius 3 is 2.57 bits per heavy atom. The first-order valence-corrected chi connectivity index (χ1v) is 8.94. The smallest absolute Gasteiger partial charge is 0.232 e. The normalized spacial score (nSPS) is 11.7. The van der Waals surface area contributed by atoms with Crippen LogP contribution in [0.5, 0.6) is 5.75 Å². The van der Waals surface area contributed by atoms with Gasteiger partial charge in [0.25, 0.3) is 0 Å². The van der Waals surface area contributed by atoms with Crippen LogP contribution in [0, 0.1) is 0 Å². The second-order valence-corrected chi connectivity index (χ2v) is 7.34. The summed E-state index contributed by atoms with van der Waals surface area (Å²) in [6, 6.07) is 5.22. The Hall–Kier alpha value is -0.980. The van der Waals surface area contributed by atoms with Crippen LogP contribution in [0.2, 0.25) is 5.02 Å². The van der Waals surface area contributed by atoms with Gasteiger partial charge in [-0.3, -0.25) is 4.72 Å². The van der Waals surface area contributed by atoms with Crippen molar-refractivity contribution in [3.8, 4) is 5.75 Å². The van der Waals surface area contributed by atoms with Gasteiger partial charge in [-0.1, -0.05) is 25.4 Å². The third-order valence-corrected chi connectivity index (χ3v) is 4.49. The third kappa shape index (κ3) is 7.02. The van der Waals surface area contributed by atoms with Crippen molar-refractivity contribution in [2.75, 3.05) is 24.1 Å². The van der Waals surface area contributed by atoms with Crippen LogP contribution in [-0.2, 0) is 10.0 Å². The van der Waals surface area contributed by atoms with E-state index in [1.807, 2.05) is 0 Å². The lowest BCUT2D eigenvalue weighted by atomic mass is 10.3. The van der Waals surface area contributed by atoms with Crippen LogP contribution in [-0.4, -0.2) is 33.9 Å². The van der Waals surface area contributed by atoms with Gasteiger partial charge in [-0.2, -0.15) is 0 Å². The zero-order chi connectivity index (χ0) is 15.9. The van der Waals surface area contributed by atoms with E-state index in [1.165, 1.54) is 13.2 Å². The summed E-state index contributed by atoms with van der Waals surface area (Å²) in [5.41, 5.74) is 0.445. The van der Waals surface area contributed by atoms with Crippen LogP contribution in [0.15, 0.2) is 18.2 Å². The summed E-state index contributed by atoms with van der Waals surface area (Å²) < 4.78 is 31.5. The minimum atomic E-state index is -3.35. The molecule has 0 saturated heterocycles. The maximum absolute atomic E-state index is 12.0. The lowest BCUT2D eigenvalue weighted by Gasteiger charge is -2.10. The highest BCUT2D eigenvalue weighted by molar-refractivity contribution is 7.92. The maximum Gasteiger partial charge on any atom is 0.232 e. The highest BCUT2D eigenvalue weighted by atomic mass is 35.5. The number of methoxy groups -OCH3 is 1. The molecule has 120 valence electrons. The van der Waals surface area contributed by atoms with Crippen molar-refractivity contribution in [1.29, 1.82) is 0 Å². The van der Waals surface area contributed by atoms with Crippen LogP contribution >= 0.6 is 11.6 Å². The van der Waals surface area contributed by atoms with Crippen molar-refractivity contribution in [2.24, 2.45) is 0 Å². The summed E-state index contributed by atoms with van der Waals surface area (Å²) in [6.07, 6.45) is 1.43. The molecule has 0 saturated carbocycles. The lowest BCUT2D eigenvalue weighted by molar-refractivity contribution is 0.415. The van der Waals surface area contributed by atoms with E-state index in [1.54, 1.807) is 12.1 Å². The minimum absolute atomic E-state index is 0.0937. The van der Waals surface area contributed by atoms with Gasteiger partial charge in [-0.05, 0) is 37.6 Å². The highest BCUT2D eigenvalue weighted by Crippen LogP contribution is 2.27. The number of hydrogen-bond donors (Lipinski definition) is 2. The molecule has 0 atom stereocenters. The molecule has 21 heavy (non-hydrogen) atoms. The summed E-state index contributed by atoms with van der Waals surface area (Å²) in [5, 5.41) is 3.63. The number of rotatable bonds is 9. The van der Waals surface area contributed by atoms with E-state index in [-0.39, 0.29) is 5.75 Å². The molecule has 0 heterocycles. The second kappa shape index (κ2) is 8.46. The van der Waals surface area contributed by atoms with E-state index >= 15 is 0 Å². The molecule has 0 aliphatic rings. The average molecular weight is 335 g/mol. The van der Waals surface area contributed by atoms with Crippen molar-refractivity contribution in [3.05, 3.63) is 23.2 Å². The number of nitrogens with one attached hydrogen (secondary N) is 2. The predicted molar refractivity (Wildman–Crippen MR) is 87.8 cm³/mol. The molecule has 0 unspecified atom stereocenters. The first-order valence-electron chi connectivity index (χ1n) is 6.91. The van der Waals surface area contributed by atoms with Gasteiger partial charge < -0.3 is 10.1 Å². The van der Waals surface area contributed by atoms with Crippen LogP contribution in [0.1, 0.15) is 26.7 Å². The molecule has 2 N–H and O–H groups in total. The molecule has 0 aliphatic heterocycles. The Kier molecular flexibility index (Phi) is 7.28. The second-order valence-electron chi connectivity index (χ2n) is 5.09. The summed E-state index contributed by atoms with van der Waals surface area (Å²) in [4.78, 5) is 0. The minimum Gasteiger partial charge on any atom is -0.495 e. The van der Waals surface area contributed by atoms with Gasteiger partial charge in [0.05, 0.1) is 23.6 Å². The maximum atomic E-state index is 12.0. The third-order valence-electron chi connectivity index (χ3n) is 2.82. The molecule has 5 nitrogen and oxygen atoms in total. The number of ether oxygens (including phenoxy) is 1. The number of halogens is 1. The SMILES string of the molecule is COc1ccc(NS(=O)(=O)CCCCNC(C)C)cc1Cl. The molecule has 0 bridgehead atoms. The fourth-order valence-electron chi connectivity index (χ4n) is 1.77. The van der Waals surface area contributed by atoms with Gasteiger partial charge in [0.15, 0.2) is 0 Å². The van der Waals surface area contributed by atoms with Crippen molar-refractivity contribution in [2.45, 2.75) is 32.7 Å². The molecule has 1 aromatic carbocycles. The van der Waals surface area contributed by atoms with Crippen LogP contribution in [0.3, 0.4) is 0 Å². The number of unbranched alkanes of at least 4 members (excludes halogenated alkanes) is 1. The quantitative estimate of drug-likeness (QED) is 0.681. The Morgan fingerprint density at radius 2 is 2.00 bits per heavy atom. The number of sulfonamides is 1. The van der Waals surface area contributed by atoms with Crippen molar-refractivity contribution in [3.63, 3.8) is 0 Å². The van der Waals surface area contributed by atoms with Gasteiger partial charge in [-0.25, -0.2) is 8.42 Å². The number of hydrogen-bond acceptors (Lipinski definition) is 4. The standard InChI is InChI=1S/C14H23ClN2O3S/c1-11(2)16-8-4-5-9-21(18,19)17-12-6-7-14(20-3)13(15)10-12/h6-7,10-11,16-17H,4-5,8-9H2,1-3H3. The summed E-state index contributed by atoms with van der Waals surface area (Å²) in [6.45, 7) is 4.94. The molecule has 0 radical (unpaired) electrons. The summed E-state index contributed by atoms with van der Waals surface area (Å²) in [7, 11) is -1.84. The van der Waals surface area contributed by atoms with E-state index in [4.69, 9.17) is 16.3 Å². The Labute approximate surface area is 132 Å². The molecule has 0 fully saturated rings. The molecule has 0 aliphatic carbocycles. The lowest BCUT2D eigenvalue weighted by Crippen LogP contribution is -2.24.